The van der Waals surface area contributed by atoms with Crippen LogP contribution in [0.15, 0.2) is 47.6 Å². The maximum atomic E-state index is 14.6. The van der Waals surface area contributed by atoms with E-state index in [2.05, 4.69) is 10.4 Å². The van der Waals surface area contributed by atoms with Crippen molar-refractivity contribution in [2.75, 3.05) is 34.4 Å². The van der Waals surface area contributed by atoms with Gasteiger partial charge in [-0.1, -0.05) is 18.2 Å². The van der Waals surface area contributed by atoms with Crippen LogP contribution in [-0.4, -0.2) is 61.9 Å². The summed E-state index contributed by atoms with van der Waals surface area (Å²) in [6, 6.07) is 10.6. The zero-order valence-corrected chi connectivity index (χ0v) is 18.6. The summed E-state index contributed by atoms with van der Waals surface area (Å²) >= 11 is 0. The maximum Gasteiger partial charge on any atom is 0.317 e. The van der Waals surface area contributed by atoms with Gasteiger partial charge in [-0.05, 0) is 25.1 Å². The number of amides is 3. The van der Waals surface area contributed by atoms with Crippen LogP contribution in [0.4, 0.5) is 9.18 Å². The molecule has 8 nitrogen and oxygen atoms in total. The molecule has 0 bridgehead atoms. The molecule has 1 N–H and O–H groups in total. The summed E-state index contributed by atoms with van der Waals surface area (Å²) < 4.78 is 25.4. The fraction of sp³-hybridized carbons (Fsp3) is 0.348. The molecular formula is C23H27FN4O4. The van der Waals surface area contributed by atoms with Gasteiger partial charge in [0.2, 0.25) is 0 Å². The van der Waals surface area contributed by atoms with Gasteiger partial charge in [-0.15, -0.1) is 0 Å². The minimum atomic E-state index is -0.645. The standard InChI is InChI=1S/C23H27FN4O4/c1-5-25-23(30)27(2)14-22(29)28-20(16-8-6-7-9-18(16)24)13-19(26-28)17-11-10-15(31-3)12-21(17)32-4/h6-12,20H,5,13-14H2,1-4H3,(H,25,30). The normalized spacial score (nSPS) is 15.2. The number of ether oxygens (including phenoxy) is 2. The molecule has 0 radical (unpaired) electrons. The number of hydrogen-bond donors (Lipinski definition) is 1. The lowest BCUT2D eigenvalue weighted by Gasteiger charge is -2.25. The number of methoxy groups -OCH3 is 2. The number of halogens is 1. The summed E-state index contributed by atoms with van der Waals surface area (Å²) in [6.07, 6.45) is 0.292. The highest BCUT2D eigenvalue weighted by molar-refractivity contribution is 6.05. The number of hydrazone groups is 1. The van der Waals surface area contributed by atoms with E-state index in [1.807, 2.05) is 0 Å². The topological polar surface area (TPSA) is 83.5 Å². The first-order valence-electron chi connectivity index (χ1n) is 10.2. The Bertz CT molecular complexity index is 1030. The summed E-state index contributed by atoms with van der Waals surface area (Å²) in [6.45, 7) is 2.03. The lowest BCUT2D eigenvalue weighted by molar-refractivity contribution is -0.133. The monoisotopic (exact) mass is 442 g/mol. The first kappa shape index (κ1) is 23.1. The van der Waals surface area contributed by atoms with Crippen LogP contribution >= 0.6 is 0 Å². The molecule has 0 spiro atoms. The molecule has 32 heavy (non-hydrogen) atoms. The summed E-state index contributed by atoms with van der Waals surface area (Å²) in [7, 11) is 4.61. The van der Waals surface area contributed by atoms with Crippen LogP contribution in [0.2, 0.25) is 0 Å². The van der Waals surface area contributed by atoms with Gasteiger partial charge in [0.05, 0.1) is 26.0 Å². The lowest BCUT2D eigenvalue weighted by Crippen LogP contribution is -2.43. The molecule has 3 amide bonds. The zero-order valence-electron chi connectivity index (χ0n) is 18.6. The maximum absolute atomic E-state index is 14.6. The van der Waals surface area contributed by atoms with Crippen molar-refractivity contribution in [1.82, 2.24) is 15.2 Å². The third-order valence-corrected chi connectivity index (χ3v) is 5.20. The molecule has 1 heterocycles. The smallest absolute Gasteiger partial charge is 0.317 e. The van der Waals surface area contributed by atoms with Gasteiger partial charge in [0.25, 0.3) is 5.91 Å². The van der Waals surface area contributed by atoms with Crippen LogP contribution in [0.1, 0.15) is 30.5 Å². The van der Waals surface area contributed by atoms with E-state index in [1.54, 1.807) is 50.4 Å². The van der Waals surface area contributed by atoms with Gasteiger partial charge in [-0.2, -0.15) is 5.10 Å². The van der Waals surface area contributed by atoms with Gasteiger partial charge in [-0.25, -0.2) is 14.2 Å². The van der Waals surface area contributed by atoms with Crippen molar-refractivity contribution in [2.24, 2.45) is 5.10 Å². The Labute approximate surface area is 186 Å². The van der Waals surface area contributed by atoms with E-state index in [4.69, 9.17) is 9.47 Å². The van der Waals surface area contributed by atoms with Crippen LogP contribution in [0.3, 0.4) is 0 Å². The molecule has 9 heteroatoms. The molecule has 2 aromatic rings. The fourth-order valence-corrected chi connectivity index (χ4v) is 3.56. The molecule has 0 aliphatic carbocycles. The second-order valence-electron chi connectivity index (χ2n) is 7.28. The van der Waals surface area contributed by atoms with Crippen LogP contribution in [0.5, 0.6) is 11.5 Å². The molecule has 1 aliphatic rings. The minimum absolute atomic E-state index is 0.201. The molecule has 1 atom stereocenters. The number of likely N-dealkylation sites (N-methyl/N-ethyl adjacent to an activating group) is 1. The van der Waals surface area contributed by atoms with E-state index in [0.29, 0.717) is 41.3 Å². The van der Waals surface area contributed by atoms with Crippen molar-refractivity contribution < 1.29 is 23.5 Å². The Morgan fingerprint density at radius 1 is 1.22 bits per heavy atom. The molecule has 1 aliphatic heterocycles. The van der Waals surface area contributed by atoms with Crippen molar-refractivity contribution in [2.45, 2.75) is 19.4 Å². The minimum Gasteiger partial charge on any atom is -0.497 e. The number of hydrogen-bond acceptors (Lipinski definition) is 5. The molecular weight excluding hydrogens is 415 g/mol. The van der Waals surface area contributed by atoms with Crippen LogP contribution in [0.25, 0.3) is 0 Å². The molecule has 0 saturated heterocycles. The van der Waals surface area contributed by atoms with Gasteiger partial charge < -0.3 is 19.7 Å². The highest BCUT2D eigenvalue weighted by Gasteiger charge is 2.36. The van der Waals surface area contributed by atoms with E-state index < -0.39 is 17.8 Å². The fourth-order valence-electron chi connectivity index (χ4n) is 3.56. The van der Waals surface area contributed by atoms with E-state index in [1.165, 1.54) is 30.1 Å². The number of urea groups is 1. The predicted molar refractivity (Wildman–Crippen MR) is 118 cm³/mol. The van der Waals surface area contributed by atoms with Crippen molar-refractivity contribution in [3.63, 3.8) is 0 Å². The Morgan fingerprint density at radius 3 is 2.62 bits per heavy atom. The second kappa shape index (κ2) is 10.1. The zero-order chi connectivity index (χ0) is 23.3. The summed E-state index contributed by atoms with van der Waals surface area (Å²) in [5.74, 6) is 0.301. The highest BCUT2D eigenvalue weighted by atomic mass is 19.1. The molecule has 1 unspecified atom stereocenters. The number of carbonyl (C=O) groups excluding carboxylic acids is 2. The summed E-state index contributed by atoms with van der Waals surface area (Å²) in [5.41, 5.74) is 1.61. The van der Waals surface area contributed by atoms with Gasteiger partial charge in [0, 0.05) is 37.2 Å². The van der Waals surface area contributed by atoms with Crippen molar-refractivity contribution in [3.05, 3.63) is 59.4 Å². The molecule has 0 saturated carbocycles. The molecule has 0 aromatic heterocycles. The Morgan fingerprint density at radius 2 is 1.97 bits per heavy atom. The average molecular weight is 442 g/mol. The number of rotatable bonds is 7. The quantitative estimate of drug-likeness (QED) is 0.714. The predicted octanol–water partition coefficient (Wildman–Crippen LogP) is 3.18. The molecule has 170 valence electrons. The number of nitrogens with one attached hydrogen (secondary N) is 1. The third kappa shape index (κ3) is 4.82. The van der Waals surface area contributed by atoms with E-state index >= 15 is 0 Å². The highest BCUT2D eigenvalue weighted by Crippen LogP contribution is 2.37. The first-order valence-corrected chi connectivity index (χ1v) is 10.2. The Kier molecular flexibility index (Phi) is 7.29. The van der Waals surface area contributed by atoms with Gasteiger partial charge in [0.1, 0.15) is 23.9 Å². The largest absolute Gasteiger partial charge is 0.497 e. The van der Waals surface area contributed by atoms with E-state index in [-0.39, 0.29) is 12.6 Å². The molecule has 0 fully saturated rings. The lowest BCUT2D eigenvalue weighted by atomic mass is 9.97. The van der Waals surface area contributed by atoms with Crippen LogP contribution in [-0.2, 0) is 4.79 Å². The first-order chi connectivity index (χ1) is 15.4. The van der Waals surface area contributed by atoms with Crippen molar-refractivity contribution in [1.29, 1.82) is 0 Å². The average Bonchev–Trinajstić information content (AvgIpc) is 3.24. The summed E-state index contributed by atoms with van der Waals surface area (Å²) in [5, 5.41) is 8.44. The van der Waals surface area contributed by atoms with Crippen molar-refractivity contribution in [3.8, 4) is 11.5 Å². The van der Waals surface area contributed by atoms with Crippen LogP contribution < -0.4 is 14.8 Å². The molecule has 3 rings (SSSR count). The van der Waals surface area contributed by atoms with Gasteiger partial charge in [-0.3, -0.25) is 4.79 Å². The SMILES string of the molecule is CCNC(=O)N(C)CC(=O)N1N=C(c2ccc(OC)cc2OC)CC1c1ccccc1F. The Balaban J connectivity index is 1.96. The van der Waals surface area contributed by atoms with Gasteiger partial charge >= 0.3 is 6.03 Å². The Hall–Kier alpha value is -3.62. The summed E-state index contributed by atoms with van der Waals surface area (Å²) in [4.78, 5) is 26.4. The van der Waals surface area contributed by atoms with E-state index in [0.717, 1.165) is 0 Å². The number of carbonyl (C=O) groups is 2. The molecule has 2 aromatic carbocycles. The number of benzene rings is 2. The number of nitrogens with zero attached hydrogens (tertiary/aromatic N) is 3. The second-order valence-corrected chi connectivity index (χ2v) is 7.28. The van der Waals surface area contributed by atoms with Gasteiger partial charge in [0.15, 0.2) is 0 Å². The van der Waals surface area contributed by atoms with Crippen molar-refractivity contribution >= 4 is 17.6 Å². The third-order valence-electron chi connectivity index (χ3n) is 5.20. The van der Waals surface area contributed by atoms with E-state index in [9.17, 15) is 14.0 Å². The van der Waals surface area contributed by atoms with Crippen LogP contribution in [0, 0.1) is 5.82 Å².